The minimum absolute atomic E-state index is 0.115. The molecule has 0 saturated heterocycles. The van der Waals surface area contributed by atoms with Gasteiger partial charge in [-0.15, -0.1) is 11.3 Å². The van der Waals surface area contributed by atoms with Gasteiger partial charge in [0.05, 0.1) is 17.7 Å². The molecule has 0 bridgehead atoms. The number of hydrogen-bond acceptors (Lipinski definition) is 6. The zero-order valence-electron chi connectivity index (χ0n) is 20.1. The fraction of sp³-hybridized carbons (Fsp3) is 0.296. The molecule has 0 saturated carbocycles. The highest BCUT2D eigenvalue weighted by Crippen LogP contribution is 2.40. The molecule has 4 rings (SSSR count). The van der Waals surface area contributed by atoms with Gasteiger partial charge in [0.2, 0.25) is 0 Å². The monoisotopic (exact) mass is 528 g/mol. The first-order chi connectivity index (χ1) is 17.6. The minimum atomic E-state index is -4.50. The van der Waals surface area contributed by atoms with E-state index < -0.39 is 23.6 Å². The maximum Gasteiger partial charge on any atom is 0.416 e. The van der Waals surface area contributed by atoms with Crippen LogP contribution < -0.4 is 5.32 Å². The zero-order chi connectivity index (χ0) is 26.7. The summed E-state index contributed by atoms with van der Waals surface area (Å²) in [5.74, 6) is -0.547. The van der Waals surface area contributed by atoms with Gasteiger partial charge in [0, 0.05) is 16.5 Å². The van der Waals surface area contributed by atoms with Crippen molar-refractivity contribution in [3.8, 4) is 17.4 Å². The topological polar surface area (TPSA) is 92.3 Å². The number of nitrogens with zero attached hydrogens (tertiary/aromatic N) is 1. The number of benzene rings is 1. The highest BCUT2D eigenvalue weighted by atomic mass is 32.1. The summed E-state index contributed by atoms with van der Waals surface area (Å²) >= 11 is 1.30. The molecule has 6 nitrogen and oxygen atoms in total. The number of carbonyl (C=O) groups is 2. The van der Waals surface area contributed by atoms with Gasteiger partial charge in [-0.05, 0) is 61.9 Å². The van der Waals surface area contributed by atoms with Gasteiger partial charge in [-0.3, -0.25) is 4.79 Å². The maximum absolute atomic E-state index is 13.0. The summed E-state index contributed by atoms with van der Waals surface area (Å²) in [7, 11) is 0. The number of alkyl halides is 3. The number of anilines is 1. The highest BCUT2D eigenvalue weighted by Gasteiger charge is 2.31. The van der Waals surface area contributed by atoms with E-state index in [2.05, 4.69) is 12.2 Å². The van der Waals surface area contributed by atoms with Crippen LogP contribution in [0.2, 0.25) is 0 Å². The number of nitrogens with one attached hydrogen (secondary N) is 1. The average molecular weight is 529 g/mol. The van der Waals surface area contributed by atoms with Crippen LogP contribution in [0.3, 0.4) is 0 Å². The third kappa shape index (κ3) is 5.78. The zero-order valence-corrected chi connectivity index (χ0v) is 20.9. The Morgan fingerprint density at radius 3 is 2.78 bits per heavy atom. The number of hydrogen-bond donors (Lipinski definition) is 1. The molecule has 1 atom stereocenters. The average Bonchev–Trinajstić information content (AvgIpc) is 3.46. The Balaban J connectivity index is 1.59. The Kier molecular flexibility index (Phi) is 7.55. The molecule has 1 aliphatic carbocycles. The van der Waals surface area contributed by atoms with Gasteiger partial charge < -0.3 is 14.5 Å². The van der Waals surface area contributed by atoms with Crippen LogP contribution in [-0.4, -0.2) is 18.5 Å². The van der Waals surface area contributed by atoms with Gasteiger partial charge in [0.1, 0.15) is 28.2 Å². The number of esters is 1. The van der Waals surface area contributed by atoms with Gasteiger partial charge in [-0.25, -0.2) is 4.79 Å². The number of carbonyl (C=O) groups excluding carboxylic acids is 2. The molecular formula is C27H23F3N2O4S. The van der Waals surface area contributed by atoms with Crippen molar-refractivity contribution in [2.75, 3.05) is 11.9 Å². The van der Waals surface area contributed by atoms with Crippen molar-refractivity contribution in [2.45, 2.75) is 39.3 Å². The van der Waals surface area contributed by atoms with Crippen molar-refractivity contribution in [3.63, 3.8) is 0 Å². The number of ether oxygens (including phenoxy) is 1. The van der Waals surface area contributed by atoms with E-state index >= 15 is 0 Å². The molecule has 0 unspecified atom stereocenters. The fourth-order valence-electron chi connectivity index (χ4n) is 4.15. The lowest BCUT2D eigenvalue weighted by Crippen LogP contribution is -2.17. The number of furan rings is 1. The number of nitriles is 1. The number of fused-ring (bicyclic) bond motifs is 1. The van der Waals surface area contributed by atoms with E-state index in [0.29, 0.717) is 22.9 Å². The lowest BCUT2D eigenvalue weighted by atomic mass is 9.88. The second-order valence-electron chi connectivity index (χ2n) is 8.68. The van der Waals surface area contributed by atoms with E-state index in [1.54, 1.807) is 6.92 Å². The Bertz CT molecular complexity index is 1410. The van der Waals surface area contributed by atoms with Gasteiger partial charge in [-0.2, -0.15) is 18.4 Å². The summed E-state index contributed by atoms with van der Waals surface area (Å²) in [6, 6.07) is 9.39. The summed E-state index contributed by atoms with van der Waals surface area (Å²) < 4.78 is 49.9. The van der Waals surface area contributed by atoms with Crippen molar-refractivity contribution in [1.82, 2.24) is 0 Å². The molecular weight excluding hydrogens is 505 g/mol. The van der Waals surface area contributed by atoms with Crippen LogP contribution in [0.25, 0.3) is 17.4 Å². The molecule has 1 amide bonds. The molecule has 1 aromatic carbocycles. The molecule has 1 N–H and O–H groups in total. The largest absolute Gasteiger partial charge is 0.462 e. The van der Waals surface area contributed by atoms with Crippen molar-refractivity contribution < 1.29 is 31.9 Å². The van der Waals surface area contributed by atoms with Crippen molar-refractivity contribution in [1.29, 1.82) is 5.26 Å². The van der Waals surface area contributed by atoms with E-state index in [0.717, 1.165) is 35.4 Å². The molecule has 1 aliphatic rings. The van der Waals surface area contributed by atoms with Crippen molar-refractivity contribution in [2.24, 2.45) is 5.92 Å². The minimum Gasteiger partial charge on any atom is -0.462 e. The number of thiophene rings is 1. The van der Waals surface area contributed by atoms with E-state index in [-0.39, 0.29) is 29.3 Å². The number of rotatable bonds is 6. The van der Waals surface area contributed by atoms with Crippen LogP contribution in [0.5, 0.6) is 0 Å². The van der Waals surface area contributed by atoms with E-state index in [9.17, 15) is 28.0 Å². The Morgan fingerprint density at radius 1 is 1.30 bits per heavy atom. The number of amides is 1. The highest BCUT2D eigenvalue weighted by molar-refractivity contribution is 7.17. The maximum atomic E-state index is 13.0. The van der Waals surface area contributed by atoms with E-state index in [1.165, 1.54) is 41.7 Å². The van der Waals surface area contributed by atoms with Crippen molar-refractivity contribution >= 4 is 34.3 Å². The molecule has 37 heavy (non-hydrogen) atoms. The molecule has 2 aromatic heterocycles. The smallest absolute Gasteiger partial charge is 0.416 e. The van der Waals surface area contributed by atoms with Gasteiger partial charge >= 0.3 is 12.1 Å². The molecule has 3 aromatic rings. The summed E-state index contributed by atoms with van der Waals surface area (Å²) in [6.45, 7) is 4.01. The molecule has 0 aliphatic heterocycles. The summed E-state index contributed by atoms with van der Waals surface area (Å²) in [6.07, 6.45) is -0.902. The van der Waals surface area contributed by atoms with Crippen LogP contribution in [0.15, 0.2) is 46.4 Å². The summed E-state index contributed by atoms with van der Waals surface area (Å²) in [5.41, 5.74) is 0.288. The molecule has 0 radical (unpaired) electrons. The molecule has 2 heterocycles. The van der Waals surface area contributed by atoms with E-state index in [4.69, 9.17) is 9.15 Å². The van der Waals surface area contributed by atoms with Crippen molar-refractivity contribution in [3.05, 3.63) is 69.3 Å². The quantitative estimate of drug-likeness (QED) is 0.214. The molecule has 192 valence electrons. The van der Waals surface area contributed by atoms with Crippen LogP contribution in [0, 0.1) is 17.2 Å². The van der Waals surface area contributed by atoms with Gasteiger partial charge in [-0.1, -0.05) is 19.1 Å². The Morgan fingerprint density at radius 2 is 2.08 bits per heavy atom. The fourth-order valence-corrected chi connectivity index (χ4v) is 5.55. The molecule has 10 heteroatoms. The van der Waals surface area contributed by atoms with Crippen LogP contribution in [-0.2, 0) is 28.5 Å². The normalized spacial score (nSPS) is 15.6. The first-order valence-corrected chi connectivity index (χ1v) is 12.4. The summed E-state index contributed by atoms with van der Waals surface area (Å²) in [5, 5.41) is 12.6. The van der Waals surface area contributed by atoms with E-state index in [1.807, 2.05) is 6.07 Å². The van der Waals surface area contributed by atoms with Gasteiger partial charge in [0.15, 0.2) is 0 Å². The van der Waals surface area contributed by atoms with Gasteiger partial charge in [0.25, 0.3) is 5.91 Å². The second-order valence-corrected chi connectivity index (χ2v) is 9.79. The molecule has 0 fully saturated rings. The first kappa shape index (κ1) is 26.2. The predicted molar refractivity (Wildman–Crippen MR) is 133 cm³/mol. The second kappa shape index (κ2) is 10.6. The Labute approximate surface area is 215 Å². The lowest BCUT2D eigenvalue weighted by Gasteiger charge is -2.18. The molecule has 0 spiro atoms. The standard InChI is InChI=1S/C27H23F3N2O4S/c1-3-35-26(34)23-20-9-7-15(2)11-22(20)37-25(23)32-24(33)17(14-31)13-19-8-10-21(36-19)16-5-4-6-18(12-16)27(28,29)30/h4-6,8,10,12-13,15H,3,7,9,11H2,1-2H3,(H,32,33)/b17-13+/t15-/m0/s1. The third-order valence-corrected chi connectivity index (χ3v) is 7.14. The predicted octanol–water partition coefficient (Wildman–Crippen LogP) is 6.87. The first-order valence-electron chi connectivity index (χ1n) is 11.6. The SMILES string of the molecule is CCOC(=O)c1c(NC(=O)/C(C#N)=C/c2ccc(-c3cccc(C(F)(F)F)c3)o2)sc2c1CC[C@H](C)C2. The van der Waals surface area contributed by atoms with Crippen LogP contribution in [0.1, 0.15) is 52.4 Å². The summed E-state index contributed by atoms with van der Waals surface area (Å²) in [4.78, 5) is 26.7. The lowest BCUT2D eigenvalue weighted by molar-refractivity contribution is -0.137. The van der Waals surface area contributed by atoms with Crippen LogP contribution in [0.4, 0.5) is 18.2 Å². The number of halogens is 3. The Hall–Kier alpha value is -3.84. The van der Waals surface area contributed by atoms with Crippen LogP contribution >= 0.6 is 11.3 Å². The third-order valence-electron chi connectivity index (χ3n) is 5.97.